The molecule has 0 saturated heterocycles. The third kappa shape index (κ3) is 7.25. The van der Waals surface area contributed by atoms with E-state index in [0.717, 1.165) is 12.0 Å². The van der Waals surface area contributed by atoms with Gasteiger partial charge in [0.2, 0.25) is 6.71 Å². The molecule has 0 radical (unpaired) electrons. The summed E-state index contributed by atoms with van der Waals surface area (Å²) >= 11 is 5.80. The van der Waals surface area contributed by atoms with Crippen molar-refractivity contribution in [1.82, 2.24) is 9.97 Å². The third-order valence-electron chi connectivity index (χ3n) is 5.06. The maximum Gasteiger partial charge on any atom is 0.213 e. The number of aryl methyl sites for hydroxylation is 1. The smallest absolute Gasteiger partial charge is 0.213 e. The van der Waals surface area contributed by atoms with E-state index in [4.69, 9.17) is 11.6 Å². The Bertz CT molecular complexity index is 834. The van der Waals surface area contributed by atoms with Crippen molar-refractivity contribution in [2.75, 3.05) is 0 Å². The van der Waals surface area contributed by atoms with Gasteiger partial charge in [0.25, 0.3) is 0 Å². The van der Waals surface area contributed by atoms with E-state index in [1.165, 1.54) is 22.1 Å². The van der Waals surface area contributed by atoms with Crippen LogP contribution in [0, 0.1) is 6.92 Å². The predicted octanol–water partition coefficient (Wildman–Crippen LogP) is 6.01. The summed E-state index contributed by atoms with van der Waals surface area (Å²) in [7, 11) is 0. The first-order chi connectivity index (χ1) is 13.9. The van der Waals surface area contributed by atoms with Gasteiger partial charge in [-0.3, -0.25) is 0 Å². The summed E-state index contributed by atoms with van der Waals surface area (Å²) in [5, 5.41) is 0. The molecule has 0 aliphatic rings. The number of H-pyrrole nitrogens is 1. The van der Waals surface area contributed by atoms with Crippen LogP contribution in [0.3, 0.4) is 0 Å². The molecule has 0 aliphatic carbocycles. The number of aromatic amines is 1. The van der Waals surface area contributed by atoms with Gasteiger partial charge in [-0.05, 0) is 41.7 Å². The molecule has 3 rings (SSSR count). The van der Waals surface area contributed by atoms with Crippen LogP contribution in [0.25, 0.3) is 0 Å². The highest BCUT2D eigenvalue weighted by Crippen LogP contribution is 2.15. The fourth-order valence-corrected chi connectivity index (χ4v) is 3.35. The van der Waals surface area contributed by atoms with Gasteiger partial charge in [0.1, 0.15) is 0 Å². The van der Waals surface area contributed by atoms with E-state index in [-0.39, 0.29) is 0 Å². The average Bonchev–Trinajstić information content (AvgIpc) is 3.20. The number of halogens is 1. The first kappa shape index (κ1) is 23.0. The monoisotopic (exact) mass is 406 g/mol. The number of allylic oxidation sites excluding steroid dienone is 1. The Kier molecular flexibility index (Phi) is 9.27. The number of rotatable bonds is 6. The van der Waals surface area contributed by atoms with Crippen molar-refractivity contribution in [3.05, 3.63) is 89.5 Å². The molecular weight excluding hydrogens is 375 g/mol. The van der Waals surface area contributed by atoms with Crippen molar-refractivity contribution in [2.45, 2.75) is 52.8 Å². The Balaban J connectivity index is 0.000000426. The molecule has 1 N–H and O–H groups in total. The summed E-state index contributed by atoms with van der Waals surface area (Å²) < 4.78 is 0. The standard InChI is InChI=1S/C21H26BCl.C4H6N2/c1-16(2)18-8-5-10-20(14-18)22(12-7-13-23)21-11-6-9-19(15-21)17(3)4;1-4-2-5-3-6-4/h5-11,13-17H,12H2,1-4H3;2-3H,1H3,(H,5,6). The van der Waals surface area contributed by atoms with E-state index in [1.54, 1.807) is 18.1 Å². The van der Waals surface area contributed by atoms with Crippen LogP contribution in [-0.2, 0) is 0 Å². The second-order valence-corrected chi connectivity index (χ2v) is 8.29. The zero-order valence-corrected chi connectivity index (χ0v) is 18.9. The molecule has 2 aromatic carbocycles. The van der Waals surface area contributed by atoms with Gasteiger partial charge in [-0.15, -0.1) is 0 Å². The molecule has 1 heterocycles. The number of aromatic nitrogens is 2. The molecule has 0 aliphatic heterocycles. The van der Waals surface area contributed by atoms with Gasteiger partial charge in [0, 0.05) is 11.9 Å². The Morgan fingerprint density at radius 2 is 1.52 bits per heavy atom. The molecule has 0 unspecified atom stereocenters. The molecule has 152 valence electrons. The van der Waals surface area contributed by atoms with Gasteiger partial charge in [-0.2, -0.15) is 0 Å². The minimum Gasteiger partial charge on any atom is -0.349 e. The zero-order chi connectivity index (χ0) is 21.2. The van der Waals surface area contributed by atoms with Crippen LogP contribution in [0.15, 0.2) is 72.7 Å². The first-order valence-electron chi connectivity index (χ1n) is 10.3. The minimum absolute atomic E-state index is 0.349. The number of nitrogens with one attached hydrogen (secondary N) is 1. The Hall–Kier alpha value is -2.26. The second-order valence-electron chi connectivity index (χ2n) is 8.03. The number of benzene rings is 2. The lowest BCUT2D eigenvalue weighted by Gasteiger charge is -2.17. The molecule has 4 heteroatoms. The van der Waals surface area contributed by atoms with Crippen molar-refractivity contribution < 1.29 is 0 Å². The van der Waals surface area contributed by atoms with Crippen LogP contribution in [0.5, 0.6) is 0 Å². The second kappa shape index (κ2) is 11.7. The predicted molar refractivity (Wildman–Crippen MR) is 129 cm³/mol. The number of hydrogen-bond donors (Lipinski definition) is 1. The Labute approximate surface area is 181 Å². The number of hydrogen-bond acceptors (Lipinski definition) is 1. The normalized spacial score (nSPS) is 11.0. The van der Waals surface area contributed by atoms with E-state index < -0.39 is 0 Å². The largest absolute Gasteiger partial charge is 0.349 e. The molecule has 0 atom stereocenters. The van der Waals surface area contributed by atoms with Crippen molar-refractivity contribution in [3.8, 4) is 0 Å². The van der Waals surface area contributed by atoms with Gasteiger partial charge < -0.3 is 4.98 Å². The van der Waals surface area contributed by atoms with Crippen LogP contribution in [0.4, 0.5) is 0 Å². The van der Waals surface area contributed by atoms with E-state index in [2.05, 4.69) is 92.3 Å². The lowest BCUT2D eigenvalue weighted by atomic mass is 9.38. The lowest BCUT2D eigenvalue weighted by molar-refractivity contribution is 0.867. The van der Waals surface area contributed by atoms with Crippen molar-refractivity contribution in [1.29, 1.82) is 0 Å². The summed E-state index contributed by atoms with van der Waals surface area (Å²) in [6, 6.07) is 17.9. The van der Waals surface area contributed by atoms with Crippen molar-refractivity contribution in [2.24, 2.45) is 0 Å². The van der Waals surface area contributed by atoms with Crippen LogP contribution in [0.2, 0.25) is 6.32 Å². The van der Waals surface area contributed by atoms with Crippen molar-refractivity contribution >= 4 is 29.2 Å². The van der Waals surface area contributed by atoms with E-state index >= 15 is 0 Å². The Morgan fingerprint density at radius 3 is 1.86 bits per heavy atom. The summed E-state index contributed by atoms with van der Waals surface area (Å²) in [5.74, 6) is 1.09. The molecule has 0 fully saturated rings. The molecule has 3 aromatic rings. The summed E-state index contributed by atoms with van der Waals surface area (Å²) in [5.41, 5.74) is 8.25. The highest BCUT2D eigenvalue weighted by Gasteiger charge is 2.19. The minimum atomic E-state index is 0.349. The van der Waals surface area contributed by atoms with Crippen LogP contribution in [-0.4, -0.2) is 16.7 Å². The lowest BCUT2D eigenvalue weighted by Crippen LogP contribution is -2.42. The van der Waals surface area contributed by atoms with Gasteiger partial charge >= 0.3 is 0 Å². The molecule has 2 nitrogen and oxygen atoms in total. The summed E-state index contributed by atoms with van der Waals surface area (Å²) in [6.07, 6.45) is 6.41. The molecule has 29 heavy (non-hydrogen) atoms. The Morgan fingerprint density at radius 1 is 0.966 bits per heavy atom. The van der Waals surface area contributed by atoms with Crippen LogP contribution >= 0.6 is 11.6 Å². The zero-order valence-electron chi connectivity index (χ0n) is 18.2. The highest BCUT2D eigenvalue weighted by atomic mass is 35.5. The fourth-order valence-electron chi connectivity index (χ4n) is 3.25. The average molecular weight is 407 g/mol. The summed E-state index contributed by atoms with van der Waals surface area (Å²) in [6.45, 7) is 11.3. The van der Waals surface area contributed by atoms with Gasteiger partial charge in [0.05, 0.1) is 6.33 Å². The van der Waals surface area contributed by atoms with Gasteiger partial charge in [-0.25, -0.2) is 4.98 Å². The first-order valence-corrected chi connectivity index (χ1v) is 10.8. The van der Waals surface area contributed by atoms with Crippen molar-refractivity contribution in [3.63, 3.8) is 0 Å². The third-order valence-corrected chi connectivity index (χ3v) is 5.23. The maximum atomic E-state index is 5.80. The van der Waals surface area contributed by atoms with E-state index in [0.29, 0.717) is 18.5 Å². The fraction of sp³-hybridized carbons (Fsp3) is 0.320. The van der Waals surface area contributed by atoms with E-state index in [1.807, 2.05) is 6.92 Å². The highest BCUT2D eigenvalue weighted by molar-refractivity contribution is 6.85. The molecule has 0 bridgehead atoms. The molecular formula is C25H32BClN2. The molecule has 0 amide bonds. The molecule has 1 aromatic heterocycles. The number of nitrogens with zero attached hydrogens (tertiary/aromatic N) is 1. The summed E-state index contributed by atoms with van der Waals surface area (Å²) in [4.78, 5) is 6.66. The van der Waals surface area contributed by atoms with Crippen LogP contribution < -0.4 is 10.9 Å². The van der Waals surface area contributed by atoms with Gasteiger partial charge in [-0.1, -0.05) is 105 Å². The quantitative estimate of drug-likeness (QED) is 0.499. The number of imidazole rings is 1. The maximum absolute atomic E-state index is 5.80. The van der Waals surface area contributed by atoms with E-state index in [9.17, 15) is 0 Å². The van der Waals surface area contributed by atoms with Gasteiger partial charge in [0.15, 0.2) is 0 Å². The SMILES string of the molecule is CC(C)c1cccc(B(CC=CCl)c2cccc(C(C)C)c2)c1.Cc1cnc[nH]1. The topological polar surface area (TPSA) is 28.7 Å². The molecule has 0 saturated carbocycles. The molecule has 0 spiro atoms. The van der Waals surface area contributed by atoms with Crippen LogP contribution in [0.1, 0.15) is 56.4 Å².